The zero-order chi connectivity index (χ0) is 16.4. The zero-order valence-corrected chi connectivity index (χ0v) is 12.3. The van der Waals surface area contributed by atoms with E-state index in [1.54, 1.807) is 19.1 Å². The van der Waals surface area contributed by atoms with Gasteiger partial charge in [0.25, 0.3) is 5.92 Å². The van der Waals surface area contributed by atoms with Crippen molar-refractivity contribution in [3.63, 3.8) is 0 Å². The molecule has 2 rings (SSSR count). The number of carboxylic acids is 1. The lowest BCUT2D eigenvalue weighted by Crippen LogP contribution is -2.41. The van der Waals surface area contributed by atoms with Crippen LogP contribution in [0, 0.1) is 6.92 Å². The fourth-order valence-electron chi connectivity index (χ4n) is 1.93. The number of carboxylic acid groups (broad SMARTS) is 1. The topological polar surface area (TPSA) is 46.5 Å². The van der Waals surface area contributed by atoms with Crippen LogP contribution in [-0.2, 0) is 4.79 Å². The van der Waals surface area contributed by atoms with Gasteiger partial charge in [-0.25, -0.2) is 13.6 Å². The average Bonchev–Trinajstić information content (AvgIpc) is 2.38. The zero-order valence-electron chi connectivity index (χ0n) is 11.6. The van der Waals surface area contributed by atoms with Crippen LogP contribution in [0.1, 0.15) is 18.1 Å². The molecule has 1 atom stereocenters. The average molecular weight is 323 g/mol. The number of hydrogen-bond donors (Lipinski definition) is 1. The molecule has 1 aromatic carbocycles. The highest BCUT2D eigenvalue weighted by atomic mass is 35.5. The van der Waals surface area contributed by atoms with Crippen LogP contribution in [0.25, 0.3) is 6.08 Å². The number of alkyl halides is 3. The van der Waals surface area contributed by atoms with Crippen LogP contribution in [0.4, 0.5) is 13.2 Å². The minimum atomic E-state index is -3.31. The fraction of sp³-hybridized carbons (Fsp3) is 0.357. The molecule has 1 aliphatic rings. The summed E-state index contributed by atoms with van der Waals surface area (Å²) >= 11 is 5.97. The molecule has 0 radical (unpaired) electrons. The summed E-state index contributed by atoms with van der Waals surface area (Å²) in [6.07, 6.45) is -0.680. The summed E-state index contributed by atoms with van der Waals surface area (Å²) in [5, 5.41) is 9.29. The molecule has 7 heteroatoms. The Labute approximate surface area is 125 Å². The second-order valence-electron chi connectivity index (χ2n) is 4.52. The van der Waals surface area contributed by atoms with E-state index in [0.717, 1.165) is 11.6 Å². The van der Waals surface area contributed by atoms with Gasteiger partial charge in [0.1, 0.15) is 5.75 Å². The van der Waals surface area contributed by atoms with Crippen molar-refractivity contribution >= 4 is 23.6 Å². The summed E-state index contributed by atoms with van der Waals surface area (Å²) in [4.78, 5) is 11.1. The van der Waals surface area contributed by atoms with E-state index in [1.165, 1.54) is 0 Å². The third-order valence-corrected chi connectivity index (χ3v) is 3.08. The molecule has 0 amide bonds. The molecule has 1 heterocycles. The third-order valence-electron chi connectivity index (χ3n) is 2.77. The first kappa shape index (κ1) is 17.4. The molecule has 0 saturated carbocycles. The monoisotopic (exact) mass is 322 g/mol. The molecular weight excluding hydrogens is 309 g/mol. The molecule has 0 aromatic heterocycles. The van der Waals surface area contributed by atoms with Gasteiger partial charge in [-0.15, -0.1) is 0 Å². The van der Waals surface area contributed by atoms with Gasteiger partial charge in [0, 0.05) is 12.5 Å². The predicted octanol–water partition coefficient (Wildman–Crippen LogP) is 4.12. The Morgan fingerprint density at radius 1 is 1.38 bits per heavy atom. The number of fused-ring (bicyclic) bond motifs is 1. The standard InChI is InChI=1S/C13H11ClF2O3.CH3F/c1-6-3-9(14)7-5-8(12(17)18)11(13(2,15)16)19-10(7)4-6;1-2/h3-5,11H,1-2H3,(H,17,18);1H3. The lowest BCUT2D eigenvalue weighted by Gasteiger charge is -2.29. The van der Waals surface area contributed by atoms with E-state index in [4.69, 9.17) is 21.4 Å². The van der Waals surface area contributed by atoms with Crippen molar-refractivity contribution in [2.75, 3.05) is 7.18 Å². The molecule has 0 bridgehead atoms. The van der Waals surface area contributed by atoms with Gasteiger partial charge < -0.3 is 9.84 Å². The first-order chi connectivity index (χ1) is 9.70. The van der Waals surface area contributed by atoms with Gasteiger partial charge in [-0.05, 0) is 30.7 Å². The summed E-state index contributed by atoms with van der Waals surface area (Å²) in [7, 11) is 0.500. The van der Waals surface area contributed by atoms with Gasteiger partial charge >= 0.3 is 5.97 Å². The molecule has 21 heavy (non-hydrogen) atoms. The van der Waals surface area contributed by atoms with Crippen molar-refractivity contribution in [2.45, 2.75) is 25.9 Å². The number of ether oxygens (including phenoxy) is 1. The van der Waals surface area contributed by atoms with E-state index >= 15 is 0 Å². The van der Waals surface area contributed by atoms with E-state index in [9.17, 15) is 18.0 Å². The minimum absolute atomic E-state index is 0.168. The van der Waals surface area contributed by atoms with Crippen LogP contribution in [0.3, 0.4) is 0 Å². The van der Waals surface area contributed by atoms with Gasteiger partial charge in [-0.1, -0.05) is 11.6 Å². The molecule has 3 nitrogen and oxygen atoms in total. The molecule has 0 fully saturated rings. The number of aryl methyl sites for hydroxylation is 1. The van der Waals surface area contributed by atoms with E-state index in [2.05, 4.69) is 0 Å². The molecule has 1 unspecified atom stereocenters. The molecule has 1 aromatic rings. The van der Waals surface area contributed by atoms with Crippen molar-refractivity contribution in [3.05, 3.63) is 33.9 Å². The maximum atomic E-state index is 13.5. The van der Waals surface area contributed by atoms with Crippen LogP contribution >= 0.6 is 11.6 Å². The van der Waals surface area contributed by atoms with Crippen molar-refractivity contribution in [3.8, 4) is 5.75 Å². The second-order valence-corrected chi connectivity index (χ2v) is 4.92. The van der Waals surface area contributed by atoms with Gasteiger partial charge in [0.05, 0.1) is 17.8 Å². The highest BCUT2D eigenvalue weighted by Crippen LogP contribution is 2.39. The van der Waals surface area contributed by atoms with Crippen LogP contribution in [0.15, 0.2) is 17.7 Å². The summed E-state index contributed by atoms with van der Waals surface area (Å²) in [5.74, 6) is -4.59. The minimum Gasteiger partial charge on any atom is -0.478 e. The molecule has 1 N–H and O–H groups in total. The van der Waals surface area contributed by atoms with Crippen molar-refractivity contribution in [1.82, 2.24) is 0 Å². The normalized spacial score (nSPS) is 16.9. The number of aliphatic carboxylic acids is 1. The Balaban J connectivity index is 0.00000106. The highest BCUT2D eigenvalue weighted by molar-refractivity contribution is 6.32. The Hall–Kier alpha value is -1.69. The Kier molecular flexibility index (Phi) is 5.28. The van der Waals surface area contributed by atoms with E-state index in [1.807, 2.05) is 0 Å². The summed E-state index contributed by atoms with van der Waals surface area (Å²) in [5.41, 5.74) is 0.546. The second kappa shape index (κ2) is 6.39. The Morgan fingerprint density at radius 2 is 1.95 bits per heavy atom. The highest BCUT2D eigenvalue weighted by Gasteiger charge is 2.44. The third kappa shape index (κ3) is 3.69. The van der Waals surface area contributed by atoms with Gasteiger partial charge in [0.15, 0.2) is 6.10 Å². The molecule has 0 aliphatic carbocycles. The lowest BCUT2D eigenvalue weighted by molar-refractivity contribution is -0.137. The van der Waals surface area contributed by atoms with Crippen LogP contribution < -0.4 is 4.74 Å². The molecule has 0 spiro atoms. The number of benzene rings is 1. The molecule has 116 valence electrons. The molecular formula is C14H14ClF3O3. The Morgan fingerprint density at radius 3 is 2.43 bits per heavy atom. The maximum Gasteiger partial charge on any atom is 0.335 e. The summed E-state index contributed by atoms with van der Waals surface area (Å²) in [6, 6.07) is 3.17. The fourth-order valence-corrected chi connectivity index (χ4v) is 2.25. The van der Waals surface area contributed by atoms with Gasteiger partial charge in [-0.3, -0.25) is 4.39 Å². The summed E-state index contributed by atoms with van der Waals surface area (Å²) in [6.45, 7) is 2.36. The quantitative estimate of drug-likeness (QED) is 0.891. The predicted molar refractivity (Wildman–Crippen MR) is 73.9 cm³/mol. The van der Waals surface area contributed by atoms with Gasteiger partial charge in [0.2, 0.25) is 0 Å². The maximum absolute atomic E-state index is 13.5. The largest absolute Gasteiger partial charge is 0.478 e. The summed E-state index contributed by atoms with van der Waals surface area (Å²) < 4.78 is 41.6. The first-order valence-electron chi connectivity index (χ1n) is 5.87. The van der Waals surface area contributed by atoms with Crippen LogP contribution in [0.5, 0.6) is 5.75 Å². The lowest BCUT2D eigenvalue weighted by atomic mass is 9.97. The molecule has 0 saturated heterocycles. The number of carbonyl (C=O) groups is 1. The number of rotatable bonds is 2. The SMILES string of the molecule is CF.Cc1cc(Cl)c2c(c1)OC(C(C)(F)F)C(C(=O)O)=C2. The van der Waals surface area contributed by atoms with Crippen molar-refractivity contribution in [1.29, 1.82) is 0 Å². The number of hydrogen-bond acceptors (Lipinski definition) is 2. The molecule has 1 aliphatic heterocycles. The smallest absolute Gasteiger partial charge is 0.335 e. The first-order valence-corrected chi connectivity index (χ1v) is 6.25. The van der Waals surface area contributed by atoms with Crippen molar-refractivity contribution in [2.24, 2.45) is 0 Å². The van der Waals surface area contributed by atoms with E-state index < -0.39 is 23.6 Å². The van der Waals surface area contributed by atoms with Gasteiger partial charge in [-0.2, -0.15) is 0 Å². The number of halogens is 4. The Bertz CT molecular complexity index is 580. The van der Waals surface area contributed by atoms with Crippen LogP contribution in [-0.4, -0.2) is 30.3 Å². The van der Waals surface area contributed by atoms with Crippen LogP contribution in [0.2, 0.25) is 5.02 Å². The van der Waals surface area contributed by atoms with E-state index in [-0.39, 0.29) is 10.8 Å². The van der Waals surface area contributed by atoms with E-state index in [0.29, 0.717) is 19.7 Å². The van der Waals surface area contributed by atoms with Crippen molar-refractivity contribution < 1.29 is 27.8 Å².